The third-order valence-corrected chi connectivity index (χ3v) is 3.51. The molecule has 1 aromatic carbocycles. The average molecular weight is 285 g/mol. The van der Waals surface area contributed by atoms with Gasteiger partial charge >= 0.3 is 5.97 Å². The van der Waals surface area contributed by atoms with E-state index in [1.165, 1.54) is 7.11 Å². The number of benzene rings is 1. The first kappa shape index (κ1) is 13.3. The van der Waals surface area contributed by atoms with E-state index >= 15 is 0 Å². The van der Waals surface area contributed by atoms with Crippen molar-refractivity contribution in [3.8, 4) is 0 Å². The van der Waals surface area contributed by atoms with Gasteiger partial charge < -0.3 is 10.1 Å². The minimum absolute atomic E-state index is 0.397. The van der Waals surface area contributed by atoms with Gasteiger partial charge in [-0.1, -0.05) is 34.9 Å². The number of carbonyl (C=O) groups excluding carboxylic acids is 1. The summed E-state index contributed by atoms with van der Waals surface area (Å²) in [5.74, 6) is 0.109. The summed E-state index contributed by atoms with van der Waals surface area (Å²) in [6.45, 7) is 3.82. The Labute approximate surface area is 121 Å². The Balaban J connectivity index is 2.17. The van der Waals surface area contributed by atoms with Gasteiger partial charge in [0.15, 0.2) is 0 Å². The number of tetrazole rings is 1. The van der Waals surface area contributed by atoms with E-state index in [2.05, 4.69) is 20.8 Å². The van der Waals surface area contributed by atoms with Crippen LogP contribution in [-0.4, -0.2) is 33.3 Å². The lowest BCUT2D eigenvalue weighted by Crippen LogP contribution is -2.29. The van der Waals surface area contributed by atoms with Crippen molar-refractivity contribution in [3.63, 3.8) is 0 Å². The zero-order chi connectivity index (χ0) is 15.0. The topological polar surface area (TPSA) is 81.9 Å². The highest BCUT2D eigenvalue weighted by molar-refractivity contribution is 5.92. The van der Waals surface area contributed by atoms with Gasteiger partial charge in [-0.2, -0.15) is 4.68 Å². The van der Waals surface area contributed by atoms with Gasteiger partial charge in [-0.05, 0) is 29.8 Å². The molecule has 1 aromatic heterocycles. The van der Waals surface area contributed by atoms with Crippen LogP contribution in [0.15, 0.2) is 35.5 Å². The molecule has 108 valence electrons. The van der Waals surface area contributed by atoms with Crippen molar-refractivity contribution in [3.05, 3.63) is 46.7 Å². The highest BCUT2D eigenvalue weighted by Crippen LogP contribution is 2.34. The van der Waals surface area contributed by atoms with E-state index in [0.717, 1.165) is 11.1 Å². The summed E-state index contributed by atoms with van der Waals surface area (Å²) in [4.78, 5) is 12.2. The normalized spacial score (nSPS) is 17.2. The molecular weight excluding hydrogens is 270 g/mol. The molecule has 0 spiro atoms. The second kappa shape index (κ2) is 5.01. The number of nitrogens with zero attached hydrogens (tertiary/aromatic N) is 4. The number of aromatic nitrogens is 4. The fraction of sp³-hybridized carbons (Fsp3) is 0.286. The van der Waals surface area contributed by atoms with E-state index in [4.69, 9.17) is 4.74 Å². The van der Waals surface area contributed by atoms with Gasteiger partial charge in [-0.25, -0.2) is 4.79 Å². The third-order valence-electron chi connectivity index (χ3n) is 3.51. The molecule has 7 heteroatoms. The van der Waals surface area contributed by atoms with Gasteiger partial charge in [0.2, 0.25) is 5.95 Å². The smallest absolute Gasteiger partial charge is 0.338 e. The first-order valence-corrected chi connectivity index (χ1v) is 6.52. The summed E-state index contributed by atoms with van der Waals surface area (Å²) in [5.41, 5.74) is 3.26. The van der Waals surface area contributed by atoms with Crippen molar-refractivity contribution < 1.29 is 9.53 Å². The number of hydrogen-bond donors (Lipinski definition) is 1. The molecule has 0 fully saturated rings. The Hall–Kier alpha value is -2.70. The molecule has 3 rings (SSSR count). The lowest BCUT2D eigenvalue weighted by atomic mass is 9.95. The zero-order valence-corrected chi connectivity index (χ0v) is 12.0. The molecule has 0 bridgehead atoms. The number of nitrogens with one attached hydrogen (secondary N) is 1. The summed E-state index contributed by atoms with van der Waals surface area (Å²) in [7, 11) is 1.37. The number of ether oxygens (including phenoxy) is 1. The molecule has 0 radical (unpaired) electrons. The van der Waals surface area contributed by atoms with Gasteiger partial charge in [0.25, 0.3) is 0 Å². The number of allylic oxidation sites excluding steroid dienone is 1. The van der Waals surface area contributed by atoms with E-state index in [1.807, 2.05) is 38.1 Å². The largest absolute Gasteiger partial charge is 0.466 e. The number of methoxy groups -OCH3 is 1. The lowest BCUT2D eigenvalue weighted by Gasteiger charge is -2.27. The molecule has 0 saturated heterocycles. The van der Waals surface area contributed by atoms with Crippen LogP contribution in [0.2, 0.25) is 0 Å². The summed E-state index contributed by atoms with van der Waals surface area (Å²) >= 11 is 0. The van der Waals surface area contributed by atoms with Crippen LogP contribution >= 0.6 is 0 Å². The van der Waals surface area contributed by atoms with Crippen molar-refractivity contribution >= 4 is 11.9 Å². The Morgan fingerprint density at radius 3 is 2.67 bits per heavy atom. The Morgan fingerprint density at radius 1 is 1.29 bits per heavy atom. The Bertz CT molecular complexity index is 717. The minimum Gasteiger partial charge on any atom is -0.466 e. The van der Waals surface area contributed by atoms with Gasteiger partial charge in [0.1, 0.15) is 6.04 Å². The van der Waals surface area contributed by atoms with E-state index in [9.17, 15) is 4.79 Å². The predicted octanol–water partition coefficient (Wildman–Crippen LogP) is 1.44. The molecule has 1 atom stereocenters. The second-order valence-corrected chi connectivity index (χ2v) is 4.92. The van der Waals surface area contributed by atoms with Gasteiger partial charge in [-0.3, -0.25) is 0 Å². The Morgan fingerprint density at radius 2 is 2.00 bits per heavy atom. The van der Waals surface area contributed by atoms with E-state index in [0.29, 0.717) is 17.2 Å². The fourth-order valence-corrected chi connectivity index (χ4v) is 2.44. The number of fused-ring (bicyclic) bond motifs is 1. The molecule has 2 heterocycles. The van der Waals surface area contributed by atoms with Gasteiger partial charge in [0, 0.05) is 5.70 Å². The van der Waals surface area contributed by atoms with Crippen LogP contribution in [0.4, 0.5) is 5.95 Å². The van der Waals surface area contributed by atoms with Gasteiger partial charge in [0.05, 0.1) is 12.7 Å². The third kappa shape index (κ3) is 2.16. The van der Waals surface area contributed by atoms with Crippen molar-refractivity contribution in [1.82, 2.24) is 20.2 Å². The predicted molar refractivity (Wildman–Crippen MR) is 75.5 cm³/mol. The number of carbonyl (C=O) groups is 1. The molecule has 7 nitrogen and oxygen atoms in total. The van der Waals surface area contributed by atoms with Crippen molar-refractivity contribution in [2.24, 2.45) is 0 Å². The number of anilines is 1. The standard InChI is InChI=1S/C14H15N5O2/c1-8-4-6-10(7-5-8)12-11(13(20)21-3)9(2)15-14-16-17-18-19(12)14/h4-7,12H,1-3H3,(H,15,16,18). The van der Waals surface area contributed by atoms with Crippen molar-refractivity contribution in [2.45, 2.75) is 19.9 Å². The SMILES string of the molecule is COC(=O)C1=C(C)Nc2nnnn2C1c1ccc(C)cc1. The maximum atomic E-state index is 12.2. The number of aryl methyl sites for hydroxylation is 1. The van der Waals surface area contributed by atoms with Crippen molar-refractivity contribution in [2.75, 3.05) is 12.4 Å². The second-order valence-electron chi connectivity index (χ2n) is 4.92. The van der Waals surface area contributed by atoms with Crippen LogP contribution < -0.4 is 5.32 Å². The van der Waals surface area contributed by atoms with Crippen LogP contribution in [0, 0.1) is 6.92 Å². The number of hydrogen-bond acceptors (Lipinski definition) is 6. The lowest BCUT2D eigenvalue weighted by molar-refractivity contribution is -0.136. The van der Waals surface area contributed by atoms with Crippen LogP contribution in [-0.2, 0) is 9.53 Å². The minimum atomic E-state index is -0.399. The zero-order valence-electron chi connectivity index (χ0n) is 12.0. The van der Waals surface area contributed by atoms with Crippen LogP contribution in [0.25, 0.3) is 0 Å². The summed E-state index contributed by atoms with van der Waals surface area (Å²) in [6.07, 6.45) is 0. The van der Waals surface area contributed by atoms with E-state index < -0.39 is 12.0 Å². The quantitative estimate of drug-likeness (QED) is 0.841. The van der Waals surface area contributed by atoms with Crippen LogP contribution in [0.1, 0.15) is 24.1 Å². The van der Waals surface area contributed by atoms with Crippen molar-refractivity contribution in [1.29, 1.82) is 0 Å². The first-order chi connectivity index (χ1) is 10.1. The molecule has 1 aliphatic rings. The maximum absolute atomic E-state index is 12.2. The number of esters is 1. The molecule has 1 unspecified atom stereocenters. The van der Waals surface area contributed by atoms with Gasteiger partial charge in [-0.15, -0.1) is 0 Å². The molecule has 1 aliphatic heterocycles. The van der Waals surface area contributed by atoms with E-state index in [1.54, 1.807) is 4.68 Å². The van der Waals surface area contributed by atoms with Crippen LogP contribution in [0.5, 0.6) is 0 Å². The molecule has 2 aromatic rings. The molecule has 0 amide bonds. The van der Waals surface area contributed by atoms with Crippen LogP contribution in [0.3, 0.4) is 0 Å². The molecule has 0 aliphatic carbocycles. The molecule has 0 saturated carbocycles. The molecule has 21 heavy (non-hydrogen) atoms. The summed E-state index contributed by atoms with van der Waals surface area (Å²) < 4.78 is 6.50. The maximum Gasteiger partial charge on any atom is 0.338 e. The summed E-state index contributed by atoms with van der Waals surface area (Å²) in [5, 5.41) is 14.6. The molecule has 1 N–H and O–H groups in total. The number of rotatable bonds is 2. The summed E-state index contributed by atoms with van der Waals surface area (Å²) in [6, 6.07) is 7.52. The monoisotopic (exact) mass is 285 g/mol. The highest BCUT2D eigenvalue weighted by atomic mass is 16.5. The average Bonchev–Trinajstić information content (AvgIpc) is 2.94. The molecular formula is C14H15N5O2. The first-order valence-electron chi connectivity index (χ1n) is 6.52. The Kier molecular flexibility index (Phi) is 3.17. The fourth-order valence-electron chi connectivity index (χ4n) is 2.44. The van der Waals surface area contributed by atoms with E-state index in [-0.39, 0.29) is 0 Å². The highest BCUT2D eigenvalue weighted by Gasteiger charge is 2.34.